The van der Waals surface area contributed by atoms with Crippen LogP contribution in [-0.2, 0) is 0 Å². The van der Waals surface area contributed by atoms with Gasteiger partial charge < -0.3 is 5.73 Å². The summed E-state index contributed by atoms with van der Waals surface area (Å²) in [4.78, 5) is 4.51. The fraction of sp³-hybridized carbons (Fsp3) is 0.167. The average molecular weight is 350 g/mol. The molecule has 1 aromatic heterocycles. The number of fused-ring (bicyclic) bond motifs is 1. The number of thiazole rings is 1. The van der Waals surface area contributed by atoms with Crippen LogP contribution in [0.25, 0.3) is 10.2 Å². The SMILES string of the molecule is CC1=NN(c2ccccc2)[C@H](N)/C1=N/Nc1ccc2sc(C)nc2c1. The second kappa shape index (κ2) is 6.27. The number of hydrogen-bond acceptors (Lipinski definition) is 7. The Morgan fingerprint density at radius 1 is 1.16 bits per heavy atom. The highest BCUT2D eigenvalue weighted by Gasteiger charge is 2.29. The van der Waals surface area contributed by atoms with Crippen LogP contribution in [0.5, 0.6) is 0 Å². The van der Waals surface area contributed by atoms with Gasteiger partial charge in [-0.05, 0) is 44.2 Å². The van der Waals surface area contributed by atoms with E-state index in [9.17, 15) is 0 Å². The van der Waals surface area contributed by atoms with Gasteiger partial charge in [0.05, 0.1) is 32.3 Å². The van der Waals surface area contributed by atoms with E-state index in [1.54, 1.807) is 16.3 Å². The first-order chi connectivity index (χ1) is 12.1. The summed E-state index contributed by atoms with van der Waals surface area (Å²) in [6.07, 6.45) is -0.417. The summed E-state index contributed by atoms with van der Waals surface area (Å²) in [7, 11) is 0. The predicted molar refractivity (Wildman–Crippen MR) is 105 cm³/mol. The number of para-hydroxylation sites is 1. The topological polar surface area (TPSA) is 78.9 Å². The molecule has 126 valence electrons. The van der Waals surface area contributed by atoms with Crippen molar-refractivity contribution in [2.75, 3.05) is 10.4 Å². The molecule has 4 rings (SSSR count). The Balaban J connectivity index is 1.57. The molecule has 2 heterocycles. The first-order valence-electron chi connectivity index (χ1n) is 7.98. The van der Waals surface area contributed by atoms with E-state index in [-0.39, 0.29) is 0 Å². The Bertz CT molecular complexity index is 976. The van der Waals surface area contributed by atoms with Crippen molar-refractivity contribution < 1.29 is 0 Å². The lowest BCUT2D eigenvalue weighted by Crippen LogP contribution is -2.41. The Morgan fingerprint density at radius 2 is 1.96 bits per heavy atom. The highest BCUT2D eigenvalue weighted by atomic mass is 32.1. The molecule has 7 heteroatoms. The van der Waals surface area contributed by atoms with Crippen molar-refractivity contribution >= 4 is 44.4 Å². The van der Waals surface area contributed by atoms with E-state index in [1.165, 1.54) is 4.70 Å². The molecule has 0 saturated heterocycles. The third-order valence-electron chi connectivity index (χ3n) is 3.99. The molecule has 0 fully saturated rings. The molecule has 6 nitrogen and oxygen atoms in total. The van der Waals surface area contributed by atoms with Crippen molar-refractivity contribution in [3.8, 4) is 0 Å². The van der Waals surface area contributed by atoms with Crippen LogP contribution in [0, 0.1) is 6.92 Å². The molecule has 1 aliphatic rings. The molecule has 25 heavy (non-hydrogen) atoms. The van der Waals surface area contributed by atoms with Crippen LogP contribution in [0.15, 0.2) is 58.7 Å². The standard InChI is InChI=1S/C18H18N6S/c1-11-17(18(19)24(23-11)14-6-4-3-5-7-14)22-21-13-8-9-16-15(10-13)20-12(2)25-16/h3-10,18,21H,19H2,1-2H3/b22-17+/t18-/m0/s1. The number of aryl methyl sites for hydroxylation is 1. The molecule has 0 unspecified atom stereocenters. The van der Waals surface area contributed by atoms with E-state index in [4.69, 9.17) is 5.73 Å². The van der Waals surface area contributed by atoms with E-state index in [2.05, 4.69) is 20.6 Å². The second-order valence-electron chi connectivity index (χ2n) is 5.83. The molecular weight excluding hydrogens is 332 g/mol. The normalized spacial score (nSPS) is 18.8. The van der Waals surface area contributed by atoms with Gasteiger partial charge in [0, 0.05) is 0 Å². The van der Waals surface area contributed by atoms with Crippen molar-refractivity contribution in [2.24, 2.45) is 15.9 Å². The number of nitrogens with one attached hydrogen (secondary N) is 1. The van der Waals surface area contributed by atoms with Gasteiger partial charge in [-0.3, -0.25) is 5.43 Å². The molecule has 1 aliphatic heterocycles. The van der Waals surface area contributed by atoms with Crippen LogP contribution in [0.4, 0.5) is 11.4 Å². The minimum absolute atomic E-state index is 0.417. The molecule has 2 aromatic carbocycles. The maximum absolute atomic E-state index is 6.33. The third-order valence-corrected chi connectivity index (χ3v) is 4.94. The van der Waals surface area contributed by atoms with Crippen molar-refractivity contribution in [3.05, 3.63) is 53.5 Å². The maximum Gasteiger partial charge on any atom is 0.146 e. The highest BCUT2D eigenvalue weighted by molar-refractivity contribution is 7.18. The molecule has 0 radical (unpaired) electrons. The number of hydrazone groups is 2. The molecule has 0 amide bonds. The summed E-state index contributed by atoms with van der Waals surface area (Å²) < 4.78 is 1.17. The van der Waals surface area contributed by atoms with Crippen molar-refractivity contribution in [1.82, 2.24) is 4.98 Å². The number of aromatic nitrogens is 1. The van der Waals surface area contributed by atoms with Crippen molar-refractivity contribution in [1.29, 1.82) is 0 Å². The number of benzene rings is 2. The fourth-order valence-electron chi connectivity index (χ4n) is 2.79. The minimum atomic E-state index is -0.417. The molecule has 3 aromatic rings. The zero-order chi connectivity index (χ0) is 17.4. The molecule has 1 atom stereocenters. The van der Waals surface area contributed by atoms with Gasteiger partial charge in [0.1, 0.15) is 11.9 Å². The number of anilines is 2. The first kappa shape index (κ1) is 15.7. The van der Waals surface area contributed by atoms with Crippen molar-refractivity contribution in [3.63, 3.8) is 0 Å². The number of hydrogen-bond donors (Lipinski definition) is 2. The van der Waals surface area contributed by atoms with Gasteiger partial charge in [0.15, 0.2) is 0 Å². The van der Waals surface area contributed by atoms with Crippen molar-refractivity contribution in [2.45, 2.75) is 20.0 Å². The van der Waals surface area contributed by atoms with E-state index >= 15 is 0 Å². The van der Waals surface area contributed by atoms with Crippen LogP contribution in [-0.4, -0.2) is 22.6 Å². The van der Waals surface area contributed by atoms with Crippen LogP contribution in [0.1, 0.15) is 11.9 Å². The largest absolute Gasteiger partial charge is 0.304 e. The van der Waals surface area contributed by atoms with Gasteiger partial charge in [-0.2, -0.15) is 10.2 Å². The smallest absolute Gasteiger partial charge is 0.146 e. The maximum atomic E-state index is 6.33. The lowest BCUT2D eigenvalue weighted by molar-refractivity contribution is 0.801. The van der Waals surface area contributed by atoms with Gasteiger partial charge in [0.2, 0.25) is 0 Å². The molecule has 0 spiro atoms. The first-order valence-corrected chi connectivity index (χ1v) is 8.80. The summed E-state index contributed by atoms with van der Waals surface area (Å²) in [5, 5.41) is 11.9. The van der Waals surface area contributed by atoms with E-state index in [0.717, 1.165) is 33.3 Å². The highest BCUT2D eigenvalue weighted by Crippen LogP contribution is 2.25. The fourth-order valence-corrected chi connectivity index (χ4v) is 3.60. The summed E-state index contributed by atoms with van der Waals surface area (Å²) in [5.41, 5.74) is 13.7. The van der Waals surface area contributed by atoms with Crippen LogP contribution in [0.2, 0.25) is 0 Å². The summed E-state index contributed by atoms with van der Waals surface area (Å²) in [6, 6.07) is 15.9. The van der Waals surface area contributed by atoms with E-state index < -0.39 is 6.17 Å². The Kier molecular flexibility index (Phi) is 3.95. The van der Waals surface area contributed by atoms with Gasteiger partial charge in [0.25, 0.3) is 0 Å². The monoisotopic (exact) mass is 350 g/mol. The Morgan fingerprint density at radius 3 is 2.76 bits per heavy atom. The average Bonchev–Trinajstić information content (AvgIpc) is 3.12. The second-order valence-corrected chi connectivity index (χ2v) is 7.07. The summed E-state index contributed by atoms with van der Waals surface area (Å²) in [6.45, 7) is 3.92. The molecule has 0 bridgehead atoms. The molecule has 0 aliphatic carbocycles. The lowest BCUT2D eigenvalue weighted by Gasteiger charge is -2.19. The van der Waals surface area contributed by atoms with E-state index in [0.29, 0.717) is 0 Å². The van der Waals surface area contributed by atoms with E-state index in [1.807, 2.05) is 62.4 Å². The van der Waals surface area contributed by atoms with Crippen LogP contribution in [0.3, 0.4) is 0 Å². The lowest BCUT2D eigenvalue weighted by atomic mass is 10.2. The number of rotatable bonds is 3. The molecule has 0 saturated carbocycles. The molecule has 3 N–H and O–H groups in total. The minimum Gasteiger partial charge on any atom is -0.304 e. The van der Waals surface area contributed by atoms with Gasteiger partial charge in [-0.1, -0.05) is 18.2 Å². The number of nitrogens with zero attached hydrogens (tertiary/aromatic N) is 4. The third kappa shape index (κ3) is 2.99. The Hall–Kier alpha value is -2.77. The van der Waals surface area contributed by atoms with Gasteiger partial charge in [-0.15, -0.1) is 11.3 Å². The van der Waals surface area contributed by atoms with Crippen LogP contribution < -0.4 is 16.2 Å². The predicted octanol–water partition coefficient (Wildman–Crippen LogP) is 3.55. The quantitative estimate of drug-likeness (QED) is 0.708. The van der Waals surface area contributed by atoms with Crippen LogP contribution >= 0.6 is 11.3 Å². The molecular formula is C18H18N6S. The summed E-state index contributed by atoms with van der Waals surface area (Å²) in [5.74, 6) is 0. The Labute approximate surface area is 149 Å². The number of nitrogens with two attached hydrogens (primary N) is 1. The zero-order valence-electron chi connectivity index (χ0n) is 14.0. The van der Waals surface area contributed by atoms with Gasteiger partial charge >= 0.3 is 0 Å². The van der Waals surface area contributed by atoms with Gasteiger partial charge in [-0.25, -0.2) is 9.99 Å². The summed E-state index contributed by atoms with van der Waals surface area (Å²) >= 11 is 1.68. The zero-order valence-corrected chi connectivity index (χ0v) is 14.8.